The molecule has 1 aromatic heterocycles. The first kappa shape index (κ1) is 13.9. The lowest BCUT2D eigenvalue weighted by Gasteiger charge is -2.38. The highest BCUT2D eigenvalue weighted by Gasteiger charge is 2.31. The molecule has 0 spiro atoms. The average molecular weight is 285 g/mol. The minimum Gasteiger partial charge on any atom is -0.451 e. The van der Waals surface area contributed by atoms with Gasteiger partial charge >= 0.3 is 0 Å². The third-order valence-electron chi connectivity index (χ3n) is 4.27. The number of carbonyl (C=O) groups is 1. The van der Waals surface area contributed by atoms with E-state index < -0.39 is 0 Å². The van der Waals surface area contributed by atoms with Gasteiger partial charge in [0.25, 0.3) is 5.91 Å². The van der Waals surface area contributed by atoms with Gasteiger partial charge in [-0.05, 0) is 45.2 Å². The predicted octanol–water partition coefficient (Wildman–Crippen LogP) is 3.20. The van der Waals surface area contributed by atoms with Crippen LogP contribution in [0.5, 0.6) is 0 Å². The molecule has 2 atom stereocenters. The average Bonchev–Trinajstić information content (AvgIpc) is 2.47. The van der Waals surface area contributed by atoms with Gasteiger partial charge in [-0.3, -0.25) is 9.59 Å². The number of hydrogen-bond acceptors (Lipinski definition) is 3. The summed E-state index contributed by atoms with van der Waals surface area (Å²) in [5, 5.41) is 0.508. The Morgan fingerprint density at radius 3 is 2.57 bits per heavy atom. The maximum absolute atomic E-state index is 12.7. The van der Waals surface area contributed by atoms with Crippen molar-refractivity contribution in [2.24, 2.45) is 0 Å². The van der Waals surface area contributed by atoms with Crippen LogP contribution in [0.3, 0.4) is 0 Å². The number of likely N-dealkylation sites (tertiary alicyclic amines) is 1. The summed E-state index contributed by atoms with van der Waals surface area (Å²) in [5.74, 6) is -0.0446. The number of hydrogen-bond donors (Lipinski definition) is 0. The van der Waals surface area contributed by atoms with Crippen molar-refractivity contribution in [3.05, 3.63) is 46.3 Å². The van der Waals surface area contributed by atoms with Crippen LogP contribution in [0.15, 0.2) is 39.5 Å². The van der Waals surface area contributed by atoms with Gasteiger partial charge in [0.15, 0.2) is 11.2 Å². The molecule has 0 bridgehead atoms. The second-order valence-corrected chi connectivity index (χ2v) is 5.81. The Kier molecular flexibility index (Phi) is 3.53. The molecule has 0 unspecified atom stereocenters. The molecule has 0 saturated carbocycles. The topological polar surface area (TPSA) is 50.5 Å². The summed E-state index contributed by atoms with van der Waals surface area (Å²) in [6, 6.07) is 8.69. The van der Waals surface area contributed by atoms with Crippen molar-refractivity contribution in [2.75, 3.05) is 0 Å². The second-order valence-electron chi connectivity index (χ2n) is 5.81. The number of fused-ring (bicyclic) bond motifs is 1. The molecule has 0 N–H and O–H groups in total. The zero-order valence-electron chi connectivity index (χ0n) is 12.3. The van der Waals surface area contributed by atoms with Crippen molar-refractivity contribution in [3.8, 4) is 0 Å². The van der Waals surface area contributed by atoms with Gasteiger partial charge in [-0.1, -0.05) is 12.1 Å². The van der Waals surface area contributed by atoms with Gasteiger partial charge in [0.1, 0.15) is 5.58 Å². The molecule has 21 heavy (non-hydrogen) atoms. The molecule has 1 aromatic carbocycles. The van der Waals surface area contributed by atoms with Crippen molar-refractivity contribution in [1.29, 1.82) is 0 Å². The highest BCUT2D eigenvalue weighted by Crippen LogP contribution is 2.25. The zero-order valence-corrected chi connectivity index (χ0v) is 12.3. The lowest BCUT2D eigenvalue weighted by molar-refractivity contribution is 0.0479. The Hall–Kier alpha value is -2.10. The van der Waals surface area contributed by atoms with Crippen LogP contribution in [0.2, 0.25) is 0 Å². The first-order valence-electron chi connectivity index (χ1n) is 7.43. The van der Waals surface area contributed by atoms with Crippen molar-refractivity contribution in [2.45, 2.75) is 45.2 Å². The van der Waals surface area contributed by atoms with Gasteiger partial charge in [-0.15, -0.1) is 0 Å². The molecule has 4 heteroatoms. The number of benzene rings is 1. The summed E-state index contributed by atoms with van der Waals surface area (Å²) >= 11 is 0. The Morgan fingerprint density at radius 1 is 1.19 bits per heavy atom. The van der Waals surface area contributed by atoms with Gasteiger partial charge in [0, 0.05) is 18.2 Å². The molecule has 0 radical (unpaired) electrons. The number of amides is 1. The fraction of sp³-hybridized carbons (Fsp3) is 0.412. The van der Waals surface area contributed by atoms with E-state index in [2.05, 4.69) is 0 Å². The van der Waals surface area contributed by atoms with Crippen LogP contribution in [0.4, 0.5) is 0 Å². The number of para-hydroxylation sites is 1. The maximum atomic E-state index is 12.7. The highest BCUT2D eigenvalue weighted by atomic mass is 16.3. The summed E-state index contributed by atoms with van der Waals surface area (Å²) < 4.78 is 5.66. The van der Waals surface area contributed by atoms with E-state index in [0.29, 0.717) is 11.0 Å². The standard InChI is InChI=1S/C17H19NO3/c1-11-6-5-7-12(2)18(11)17(20)16-10-14(19)13-8-3-4-9-15(13)21-16/h3-4,8-12H,5-7H2,1-2H3/t11-,12-/m1/s1. The molecule has 3 rings (SSSR count). The lowest BCUT2D eigenvalue weighted by atomic mass is 9.97. The SMILES string of the molecule is C[C@@H]1CCC[C@@H](C)N1C(=O)c1cc(=O)c2ccccc2o1. The van der Waals surface area contributed by atoms with Crippen LogP contribution >= 0.6 is 0 Å². The van der Waals surface area contributed by atoms with Crippen molar-refractivity contribution < 1.29 is 9.21 Å². The Labute approximate surface area is 123 Å². The number of piperidine rings is 1. The van der Waals surface area contributed by atoms with Crippen molar-refractivity contribution in [3.63, 3.8) is 0 Å². The van der Waals surface area contributed by atoms with Crippen molar-refractivity contribution in [1.82, 2.24) is 4.90 Å². The van der Waals surface area contributed by atoms with Crippen molar-refractivity contribution >= 4 is 16.9 Å². The molecular weight excluding hydrogens is 266 g/mol. The van der Waals surface area contributed by atoms with Gasteiger partial charge in [0.05, 0.1) is 5.39 Å². The molecule has 110 valence electrons. The van der Waals surface area contributed by atoms with E-state index in [9.17, 15) is 9.59 Å². The van der Waals surface area contributed by atoms with Crippen LogP contribution in [0.25, 0.3) is 11.0 Å². The first-order chi connectivity index (χ1) is 10.1. The maximum Gasteiger partial charge on any atom is 0.290 e. The zero-order chi connectivity index (χ0) is 15.0. The molecule has 1 fully saturated rings. The Balaban J connectivity index is 2.03. The number of nitrogens with zero attached hydrogens (tertiary/aromatic N) is 1. The second kappa shape index (κ2) is 5.35. The number of rotatable bonds is 1. The monoisotopic (exact) mass is 285 g/mol. The van der Waals surface area contributed by atoms with Gasteiger partial charge in [0.2, 0.25) is 0 Å². The molecule has 0 aliphatic carbocycles. The molecular formula is C17H19NO3. The molecule has 2 heterocycles. The first-order valence-corrected chi connectivity index (χ1v) is 7.43. The highest BCUT2D eigenvalue weighted by molar-refractivity contribution is 5.93. The Morgan fingerprint density at radius 2 is 1.86 bits per heavy atom. The largest absolute Gasteiger partial charge is 0.451 e. The van der Waals surface area contributed by atoms with Gasteiger partial charge < -0.3 is 9.32 Å². The van der Waals surface area contributed by atoms with Gasteiger partial charge in [-0.25, -0.2) is 0 Å². The van der Waals surface area contributed by atoms with E-state index in [1.807, 2.05) is 18.7 Å². The van der Waals surface area contributed by atoms with Crippen LogP contribution in [-0.4, -0.2) is 22.9 Å². The quantitative estimate of drug-likeness (QED) is 0.808. The van der Waals surface area contributed by atoms with Crippen LogP contribution in [0.1, 0.15) is 43.7 Å². The van der Waals surface area contributed by atoms with E-state index in [1.54, 1.807) is 24.3 Å². The summed E-state index contributed by atoms with van der Waals surface area (Å²) in [5.41, 5.74) is 0.295. The molecule has 1 aliphatic heterocycles. The lowest BCUT2D eigenvalue weighted by Crippen LogP contribution is -2.47. The fourth-order valence-electron chi connectivity index (χ4n) is 3.16. The fourth-order valence-corrected chi connectivity index (χ4v) is 3.16. The summed E-state index contributed by atoms with van der Waals surface area (Å²) in [6.45, 7) is 4.10. The van der Waals surface area contributed by atoms with E-state index in [1.165, 1.54) is 6.07 Å². The smallest absolute Gasteiger partial charge is 0.290 e. The third kappa shape index (κ3) is 2.46. The van der Waals surface area contributed by atoms with E-state index in [0.717, 1.165) is 19.3 Å². The number of carbonyl (C=O) groups excluding carboxylic acids is 1. The Bertz CT molecular complexity index is 724. The predicted molar refractivity (Wildman–Crippen MR) is 81.4 cm³/mol. The molecule has 1 saturated heterocycles. The molecule has 4 nitrogen and oxygen atoms in total. The minimum atomic E-state index is -0.183. The molecule has 1 aliphatic rings. The van der Waals surface area contributed by atoms with E-state index in [4.69, 9.17) is 4.42 Å². The van der Waals surface area contributed by atoms with Crippen LogP contribution < -0.4 is 5.43 Å². The van der Waals surface area contributed by atoms with Gasteiger partial charge in [-0.2, -0.15) is 0 Å². The molecule has 2 aromatic rings. The summed E-state index contributed by atoms with van der Waals surface area (Å²) in [7, 11) is 0. The van der Waals surface area contributed by atoms with Crippen LogP contribution in [-0.2, 0) is 0 Å². The van der Waals surface area contributed by atoms with E-state index >= 15 is 0 Å². The minimum absolute atomic E-state index is 0.138. The van der Waals surface area contributed by atoms with Crippen LogP contribution in [0, 0.1) is 0 Å². The normalized spacial score (nSPS) is 22.5. The van der Waals surface area contributed by atoms with E-state index in [-0.39, 0.29) is 29.2 Å². The molecule has 1 amide bonds. The summed E-state index contributed by atoms with van der Waals surface area (Å²) in [4.78, 5) is 26.7. The third-order valence-corrected chi connectivity index (χ3v) is 4.27. The summed E-state index contributed by atoms with van der Waals surface area (Å²) in [6.07, 6.45) is 3.12.